The van der Waals surface area contributed by atoms with E-state index in [4.69, 9.17) is 0 Å². The number of benzene rings is 2. The van der Waals surface area contributed by atoms with E-state index in [0.717, 1.165) is 16.3 Å². The van der Waals surface area contributed by atoms with Crippen molar-refractivity contribution >= 4 is 33.2 Å². The summed E-state index contributed by atoms with van der Waals surface area (Å²) in [6.07, 6.45) is -3.23. The highest BCUT2D eigenvalue weighted by molar-refractivity contribution is 7.19. The van der Waals surface area contributed by atoms with Gasteiger partial charge in [-0.05, 0) is 29.8 Å². The summed E-state index contributed by atoms with van der Waals surface area (Å²) in [5.74, 6) is 0. The molecule has 0 saturated heterocycles. The third-order valence-corrected chi connectivity index (χ3v) is 4.28. The van der Waals surface area contributed by atoms with Crippen molar-refractivity contribution in [2.45, 2.75) is 6.18 Å². The average Bonchev–Trinajstić information content (AvgIpc) is 2.95. The number of nitriles is 1. The average molecular weight is 330 g/mol. The van der Waals surface area contributed by atoms with E-state index < -0.39 is 11.7 Å². The molecule has 1 aromatic heterocycles. The van der Waals surface area contributed by atoms with Crippen LogP contribution < -0.4 is 0 Å². The first kappa shape index (κ1) is 15.3. The van der Waals surface area contributed by atoms with E-state index in [1.807, 2.05) is 24.3 Å². The molecular weight excluding hydrogens is 321 g/mol. The first-order valence-corrected chi connectivity index (χ1v) is 7.44. The maximum atomic E-state index is 13.0. The van der Waals surface area contributed by atoms with Gasteiger partial charge < -0.3 is 0 Å². The van der Waals surface area contributed by atoms with E-state index >= 15 is 0 Å². The standard InChI is InChI=1S/C17H9F3N2S/c18-17(19,20)13-6-2-1-5-11(13)9-12(10-21)16-22-14-7-3-4-8-15(14)23-16/h1-9H/b12-9-. The summed E-state index contributed by atoms with van der Waals surface area (Å²) in [6.45, 7) is 0. The Balaban J connectivity index is 2.12. The summed E-state index contributed by atoms with van der Waals surface area (Å²) >= 11 is 1.28. The van der Waals surface area contributed by atoms with Crippen LogP contribution in [0.1, 0.15) is 16.1 Å². The maximum absolute atomic E-state index is 13.0. The Morgan fingerprint density at radius 1 is 1.09 bits per heavy atom. The first-order chi connectivity index (χ1) is 11.0. The van der Waals surface area contributed by atoms with Crippen LogP contribution in [0.4, 0.5) is 13.2 Å². The minimum Gasteiger partial charge on any atom is -0.235 e. The van der Waals surface area contributed by atoms with Crippen molar-refractivity contribution in [3.63, 3.8) is 0 Å². The SMILES string of the molecule is N#C/C(=C/c1ccccc1C(F)(F)F)c1nc2ccccc2s1. The number of allylic oxidation sites excluding steroid dienone is 1. The van der Waals surface area contributed by atoms with Crippen molar-refractivity contribution in [1.29, 1.82) is 5.26 Å². The molecule has 0 fully saturated rings. The maximum Gasteiger partial charge on any atom is 0.416 e. The Kier molecular flexibility index (Phi) is 3.89. The molecular formula is C17H9F3N2S. The van der Waals surface area contributed by atoms with Gasteiger partial charge in [-0.15, -0.1) is 11.3 Å². The molecule has 2 aromatic carbocycles. The highest BCUT2D eigenvalue weighted by Crippen LogP contribution is 2.34. The van der Waals surface area contributed by atoms with Crippen LogP contribution in [0.2, 0.25) is 0 Å². The smallest absolute Gasteiger partial charge is 0.235 e. The molecule has 0 aliphatic heterocycles. The molecule has 6 heteroatoms. The van der Waals surface area contributed by atoms with Crippen LogP contribution in [0.15, 0.2) is 48.5 Å². The van der Waals surface area contributed by atoms with Crippen molar-refractivity contribution in [2.24, 2.45) is 0 Å². The summed E-state index contributed by atoms with van der Waals surface area (Å²) in [6, 6.07) is 14.4. The normalized spacial score (nSPS) is 12.3. The van der Waals surface area contributed by atoms with Crippen LogP contribution in [-0.2, 0) is 6.18 Å². The Labute approximate surface area is 134 Å². The van der Waals surface area contributed by atoms with Crippen molar-refractivity contribution in [3.05, 3.63) is 64.7 Å². The number of para-hydroxylation sites is 1. The zero-order chi connectivity index (χ0) is 16.4. The second kappa shape index (κ2) is 5.86. The van der Waals surface area contributed by atoms with Gasteiger partial charge in [-0.25, -0.2) is 4.98 Å². The van der Waals surface area contributed by atoms with Gasteiger partial charge in [0.2, 0.25) is 0 Å². The van der Waals surface area contributed by atoms with Gasteiger partial charge in [0, 0.05) is 0 Å². The summed E-state index contributed by atoms with van der Waals surface area (Å²) in [5.41, 5.74) is 0.0188. The molecule has 114 valence electrons. The first-order valence-electron chi connectivity index (χ1n) is 6.63. The van der Waals surface area contributed by atoms with Crippen molar-refractivity contribution in [3.8, 4) is 6.07 Å². The molecule has 1 heterocycles. The number of nitrogens with zero attached hydrogens (tertiary/aromatic N) is 2. The number of alkyl halides is 3. The second-order valence-electron chi connectivity index (χ2n) is 4.74. The topological polar surface area (TPSA) is 36.7 Å². The molecule has 0 unspecified atom stereocenters. The number of hydrogen-bond donors (Lipinski definition) is 0. The predicted molar refractivity (Wildman–Crippen MR) is 84.5 cm³/mol. The van der Waals surface area contributed by atoms with Gasteiger partial charge in [0.05, 0.1) is 21.4 Å². The van der Waals surface area contributed by atoms with Gasteiger partial charge in [0.15, 0.2) is 0 Å². The van der Waals surface area contributed by atoms with Gasteiger partial charge in [-0.1, -0.05) is 30.3 Å². The molecule has 0 amide bonds. The number of fused-ring (bicyclic) bond motifs is 1. The molecule has 23 heavy (non-hydrogen) atoms. The Hall–Kier alpha value is -2.65. The fraction of sp³-hybridized carbons (Fsp3) is 0.0588. The third kappa shape index (κ3) is 3.10. The lowest BCUT2D eigenvalue weighted by Gasteiger charge is -2.09. The number of aromatic nitrogens is 1. The van der Waals surface area contributed by atoms with E-state index in [-0.39, 0.29) is 11.1 Å². The minimum atomic E-state index is -4.47. The van der Waals surface area contributed by atoms with Crippen LogP contribution in [0.25, 0.3) is 21.9 Å². The monoisotopic (exact) mass is 330 g/mol. The van der Waals surface area contributed by atoms with Crippen molar-refractivity contribution in [2.75, 3.05) is 0 Å². The van der Waals surface area contributed by atoms with Gasteiger partial charge in [-0.2, -0.15) is 18.4 Å². The molecule has 0 bridgehead atoms. The van der Waals surface area contributed by atoms with Crippen molar-refractivity contribution < 1.29 is 13.2 Å². The lowest BCUT2D eigenvalue weighted by atomic mass is 10.0. The molecule has 0 aliphatic rings. The van der Waals surface area contributed by atoms with Crippen LogP contribution in [-0.4, -0.2) is 4.98 Å². The van der Waals surface area contributed by atoms with E-state index in [1.165, 1.54) is 35.6 Å². The van der Waals surface area contributed by atoms with Gasteiger partial charge in [0.1, 0.15) is 11.1 Å². The fourth-order valence-corrected chi connectivity index (χ4v) is 3.10. The summed E-state index contributed by atoms with van der Waals surface area (Å²) in [4.78, 5) is 4.32. The van der Waals surface area contributed by atoms with E-state index in [2.05, 4.69) is 4.98 Å². The Morgan fingerprint density at radius 3 is 2.48 bits per heavy atom. The lowest BCUT2D eigenvalue weighted by Crippen LogP contribution is -2.07. The zero-order valence-electron chi connectivity index (χ0n) is 11.6. The Morgan fingerprint density at radius 2 is 1.78 bits per heavy atom. The molecule has 0 atom stereocenters. The largest absolute Gasteiger partial charge is 0.416 e. The number of thiazole rings is 1. The van der Waals surface area contributed by atoms with Crippen LogP contribution >= 0.6 is 11.3 Å². The van der Waals surface area contributed by atoms with Gasteiger partial charge in [0.25, 0.3) is 0 Å². The second-order valence-corrected chi connectivity index (χ2v) is 5.77. The van der Waals surface area contributed by atoms with Crippen molar-refractivity contribution in [1.82, 2.24) is 4.98 Å². The Bertz CT molecular complexity index is 900. The summed E-state index contributed by atoms with van der Waals surface area (Å²) in [5, 5.41) is 9.73. The summed E-state index contributed by atoms with van der Waals surface area (Å²) < 4.78 is 40.0. The van der Waals surface area contributed by atoms with Gasteiger partial charge >= 0.3 is 6.18 Å². The summed E-state index contributed by atoms with van der Waals surface area (Å²) in [7, 11) is 0. The zero-order valence-corrected chi connectivity index (χ0v) is 12.4. The molecule has 3 rings (SSSR count). The molecule has 0 spiro atoms. The molecule has 0 saturated carbocycles. The van der Waals surface area contributed by atoms with Crippen LogP contribution in [0.5, 0.6) is 0 Å². The van der Waals surface area contributed by atoms with E-state index in [0.29, 0.717) is 5.01 Å². The quantitative estimate of drug-likeness (QED) is 0.592. The molecule has 0 aliphatic carbocycles. The molecule has 0 N–H and O–H groups in total. The van der Waals surface area contributed by atoms with E-state index in [1.54, 1.807) is 6.07 Å². The highest BCUT2D eigenvalue weighted by atomic mass is 32.1. The molecule has 2 nitrogen and oxygen atoms in total. The predicted octanol–water partition coefficient (Wildman–Crippen LogP) is 5.38. The van der Waals surface area contributed by atoms with Crippen LogP contribution in [0, 0.1) is 11.3 Å². The number of hydrogen-bond acceptors (Lipinski definition) is 3. The van der Waals surface area contributed by atoms with Gasteiger partial charge in [-0.3, -0.25) is 0 Å². The third-order valence-electron chi connectivity index (χ3n) is 3.21. The van der Waals surface area contributed by atoms with E-state index in [9.17, 15) is 18.4 Å². The number of rotatable bonds is 2. The van der Waals surface area contributed by atoms with Crippen LogP contribution in [0.3, 0.4) is 0 Å². The molecule has 0 radical (unpaired) electrons. The lowest BCUT2D eigenvalue weighted by molar-refractivity contribution is -0.137. The number of halogens is 3. The fourth-order valence-electron chi connectivity index (χ4n) is 2.17. The highest BCUT2D eigenvalue weighted by Gasteiger charge is 2.32. The molecule has 3 aromatic rings. The minimum absolute atomic E-state index is 0.0455.